The summed E-state index contributed by atoms with van der Waals surface area (Å²) in [7, 11) is -3.06. The molecule has 2 saturated heterocycles. The average molecular weight is 333 g/mol. The van der Waals surface area contributed by atoms with Crippen LogP contribution < -0.4 is 0 Å². The van der Waals surface area contributed by atoms with Crippen molar-refractivity contribution in [3.05, 3.63) is 36.2 Å². The van der Waals surface area contributed by atoms with Crippen molar-refractivity contribution >= 4 is 15.7 Å². The molecule has 0 saturated carbocycles. The predicted octanol–water partition coefficient (Wildman–Crippen LogP) is -0.0786. The lowest BCUT2D eigenvalue weighted by Gasteiger charge is -2.18. The van der Waals surface area contributed by atoms with Crippen molar-refractivity contribution in [3.63, 3.8) is 0 Å². The lowest BCUT2D eigenvalue weighted by molar-refractivity contribution is 0.0786. The van der Waals surface area contributed by atoms with E-state index in [4.69, 9.17) is 0 Å². The van der Waals surface area contributed by atoms with Gasteiger partial charge in [0, 0.05) is 13.1 Å². The molecule has 1 aromatic carbocycles. The maximum atomic E-state index is 12.9. The van der Waals surface area contributed by atoms with Gasteiger partial charge in [0.2, 0.25) is 0 Å². The second-order valence-corrected chi connectivity index (χ2v) is 8.28. The minimum Gasteiger partial charge on any atom is -0.337 e. The largest absolute Gasteiger partial charge is 0.337 e. The molecule has 2 fully saturated rings. The summed E-state index contributed by atoms with van der Waals surface area (Å²) >= 11 is 0. The highest BCUT2D eigenvalue weighted by molar-refractivity contribution is 7.92. The van der Waals surface area contributed by atoms with E-state index < -0.39 is 15.1 Å². The maximum Gasteiger partial charge on any atom is 0.256 e. The van der Waals surface area contributed by atoms with Crippen LogP contribution in [0.5, 0.6) is 0 Å². The summed E-state index contributed by atoms with van der Waals surface area (Å²) in [5, 5.41) is 10.6. The minimum atomic E-state index is -3.06. The van der Waals surface area contributed by atoms with Crippen molar-refractivity contribution in [3.8, 4) is 5.69 Å². The van der Waals surface area contributed by atoms with Gasteiger partial charge in [0.25, 0.3) is 5.91 Å². The highest BCUT2D eigenvalue weighted by atomic mass is 32.2. The third-order valence-electron chi connectivity index (χ3n) is 4.63. The molecule has 2 aliphatic rings. The molecule has 1 aromatic heterocycles. The van der Waals surface area contributed by atoms with Crippen molar-refractivity contribution < 1.29 is 13.2 Å². The van der Waals surface area contributed by atoms with Crippen LogP contribution in [0.4, 0.5) is 0 Å². The molecule has 2 atom stereocenters. The Labute approximate surface area is 133 Å². The van der Waals surface area contributed by atoms with Crippen LogP contribution in [-0.2, 0) is 9.84 Å². The molecular formula is C14H15N5O3S. The molecule has 2 aromatic rings. The zero-order valence-electron chi connectivity index (χ0n) is 12.2. The molecule has 23 heavy (non-hydrogen) atoms. The lowest BCUT2D eigenvalue weighted by Crippen LogP contribution is -2.32. The Balaban J connectivity index is 1.64. The molecule has 120 valence electrons. The van der Waals surface area contributed by atoms with Gasteiger partial charge in [0.05, 0.1) is 22.3 Å². The Hall–Kier alpha value is -2.29. The number of benzene rings is 1. The number of fused-ring (bicyclic) bond motifs is 1. The third kappa shape index (κ3) is 2.31. The number of hydrogen-bond acceptors (Lipinski definition) is 6. The van der Waals surface area contributed by atoms with Crippen LogP contribution in [0.3, 0.4) is 0 Å². The summed E-state index contributed by atoms with van der Waals surface area (Å²) in [5.41, 5.74) is 1.06. The second-order valence-electron chi connectivity index (χ2n) is 5.94. The maximum absolute atomic E-state index is 12.9. The topological polar surface area (TPSA) is 98.1 Å². The van der Waals surface area contributed by atoms with Gasteiger partial charge < -0.3 is 4.90 Å². The van der Waals surface area contributed by atoms with E-state index in [9.17, 15) is 13.2 Å². The Kier molecular flexibility index (Phi) is 3.19. The van der Waals surface area contributed by atoms with E-state index in [1.807, 2.05) is 0 Å². The quantitative estimate of drug-likeness (QED) is 0.762. The van der Waals surface area contributed by atoms with Gasteiger partial charge in [0.15, 0.2) is 9.84 Å². The number of carbonyl (C=O) groups excluding carboxylic acids is 1. The summed E-state index contributed by atoms with van der Waals surface area (Å²) in [6.45, 7) is 0.766. The first-order chi connectivity index (χ1) is 11.1. The summed E-state index contributed by atoms with van der Waals surface area (Å²) in [4.78, 5) is 14.5. The fraction of sp³-hybridized carbons (Fsp3) is 0.429. The fourth-order valence-electron chi connectivity index (χ4n) is 3.45. The van der Waals surface area contributed by atoms with Gasteiger partial charge in [-0.05, 0) is 34.9 Å². The monoisotopic (exact) mass is 333 g/mol. The SMILES string of the molecule is O=C(c1ccccc1-n1cnnn1)N1C[C@@H]2CCS(=O)(=O)[C@@H]2C1. The molecule has 0 N–H and O–H groups in total. The Morgan fingerprint density at radius 3 is 2.78 bits per heavy atom. The zero-order valence-corrected chi connectivity index (χ0v) is 13.1. The smallest absolute Gasteiger partial charge is 0.256 e. The number of amides is 1. The molecule has 0 radical (unpaired) electrons. The molecule has 0 bridgehead atoms. The van der Waals surface area contributed by atoms with Crippen LogP contribution in [0.1, 0.15) is 16.8 Å². The zero-order chi connectivity index (χ0) is 16.0. The number of aromatic nitrogens is 4. The number of nitrogens with zero attached hydrogens (tertiary/aromatic N) is 5. The minimum absolute atomic E-state index is 0.0594. The molecule has 0 spiro atoms. The van der Waals surface area contributed by atoms with Crippen molar-refractivity contribution in [1.82, 2.24) is 25.1 Å². The van der Waals surface area contributed by atoms with Crippen LogP contribution in [0.2, 0.25) is 0 Å². The first kappa shape index (κ1) is 14.3. The number of para-hydroxylation sites is 1. The van der Waals surface area contributed by atoms with Gasteiger partial charge in [-0.25, -0.2) is 8.42 Å². The lowest BCUT2D eigenvalue weighted by atomic mass is 10.1. The Morgan fingerprint density at radius 2 is 2.04 bits per heavy atom. The van der Waals surface area contributed by atoms with Crippen molar-refractivity contribution in [1.29, 1.82) is 0 Å². The summed E-state index contributed by atoms with van der Waals surface area (Å²) in [5.74, 6) is 0.121. The van der Waals surface area contributed by atoms with E-state index in [0.29, 0.717) is 24.2 Å². The first-order valence-electron chi connectivity index (χ1n) is 7.39. The standard InChI is InChI=1S/C14H15N5O3S/c20-14(18-7-10-5-6-23(21,22)13(10)8-18)11-3-1-2-4-12(11)19-9-15-16-17-19/h1-4,9-10,13H,5-8H2/t10-,13+/m0/s1. The van der Waals surface area contributed by atoms with Crippen molar-refractivity contribution in [2.24, 2.45) is 5.92 Å². The van der Waals surface area contributed by atoms with E-state index in [-0.39, 0.29) is 24.1 Å². The number of rotatable bonds is 2. The van der Waals surface area contributed by atoms with E-state index in [1.165, 1.54) is 11.0 Å². The van der Waals surface area contributed by atoms with Gasteiger partial charge >= 0.3 is 0 Å². The number of hydrogen-bond donors (Lipinski definition) is 0. The summed E-state index contributed by atoms with van der Waals surface area (Å²) in [6.07, 6.45) is 2.07. The average Bonchev–Trinajstić information content (AvgIpc) is 3.26. The molecule has 4 rings (SSSR count). The number of likely N-dealkylation sites (tertiary alicyclic amines) is 1. The van der Waals surface area contributed by atoms with Crippen LogP contribution in [0.15, 0.2) is 30.6 Å². The normalized spacial score (nSPS) is 25.5. The molecule has 3 heterocycles. The second kappa shape index (κ2) is 5.12. The van der Waals surface area contributed by atoms with Gasteiger partial charge in [-0.2, -0.15) is 4.68 Å². The fourth-order valence-corrected chi connectivity index (χ4v) is 5.60. The summed E-state index contributed by atoms with van der Waals surface area (Å²) in [6, 6.07) is 7.05. The Morgan fingerprint density at radius 1 is 1.22 bits per heavy atom. The predicted molar refractivity (Wildman–Crippen MR) is 80.7 cm³/mol. The molecule has 8 nitrogen and oxygen atoms in total. The molecule has 0 unspecified atom stereocenters. The number of carbonyl (C=O) groups is 1. The van der Waals surface area contributed by atoms with E-state index in [2.05, 4.69) is 15.5 Å². The Bertz CT molecular complexity index is 849. The van der Waals surface area contributed by atoms with Gasteiger partial charge in [0.1, 0.15) is 6.33 Å². The molecule has 9 heteroatoms. The molecular weight excluding hydrogens is 318 g/mol. The highest BCUT2D eigenvalue weighted by Crippen LogP contribution is 2.34. The van der Waals surface area contributed by atoms with E-state index >= 15 is 0 Å². The number of sulfone groups is 1. The van der Waals surface area contributed by atoms with Crippen molar-refractivity contribution in [2.75, 3.05) is 18.8 Å². The summed E-state index contributed by atoms with van der Waals surface area (Å²) < 4.78 is 25.5. The van der Waals surface area contributed by atoms with Gasteiger partial charge in [-0.1, -0.05) is 12.1 Å². The molecule has 1 amide bonds. The van der Waals surface area contributed by atoms with Crippen LogP contribution >= 0.6 is 0 Å². The van der Waals surface area contributed by atoms with Crippen molar-refractivity contribution in [2.45, 2.75) is 11.7 Å². The van der Waals surface area contributed by atoms with E-state index in [0.717, 1.165) is 0 Å². The van der Waals surface area contributed by atoms with Crippen LogP contribution in [0, 0.1) is 5.92 Å². The third-order valence-corrected chi connectivity index (χ3v) is 6.89. The molecule has 0 aliphatic carbocycles. The van der Waals surface area contributed by atoms with Gasteiger partial charge in [-0.15, -0.1) is 5.10 Å². The van der Waals surface area contributed by atoms with E-state index in [1.54, 1.807) is 29.2 Å². The van der Waals surface area contributed by atoms with Crippen LogP contribution in [0.25, 0.3) is 5.69 Å². The molecule has 2 aliphatic heterocycles. The van der Waals surface area contributed by atoms with Gasteiger partial charge in [-0.3, -0.25) is 4.79 Å². The number of tetrazole rings is 1. The van der Waals surface area contributed by atoms with Crippen LogP contribution in [-0.4, -0.2) is 63.5 Å². The highest BCUT2D eigenvalue weighted by Gasteiger charge is 2.47. The first-order valence-corrected chi connectivity index (χ1v) is 9.11.